The molecule has 0 bridgehead atoms. The van der Waals surface area contributed by atoms with Gasteiger partial charge in [-0.05, 0) is 61.7 Å². The van der Waals surface area contributed by atoms with Gasteiger partial charge in [0.25, 0.3) is 5.91 Å². The van der Waals surface area contributed by atoms with Crippen molar-refractivity contribution >= 4 is 23.4 Å². The van der Waals surface area contributed by atoms with Crippen molar-refractivity contribution in [1.82, 2.24) is 0 Å². The number of carboxylic acid groups (broad SMARTS) is 1. The average molecular weight is 398 g/mol. The molecule has 154 valence electrons. The number of methoxy groups -OCH3 is 2. The summed E-state index contributed by atoms with van der Waals surface area (Å²) in [5, 5.41) is 9.83. The molecule has 2 aromatic rings. The number of carbonyl (C=O) groups is 2. The lowest BCUT2D eigenvalue weighted by molar-refractivity contribution is 0.0979. The zero-order valence-electron chi connectivity index (χ0n) is 17.4. The molecule has 2 aromatic carbocycles. The summed E-state index contributed by atoms with van der Waals surface area (Å²) in [5.41, 5.74) is 3.43. The third-order valence-corrected chi connectivity index (χ3v) is 5.46. The molecule has 0 saturated heterocycles. The first-order valence-corrected chi connectivity index (χ1v) is 9.49. The molecule has 1 heterocycles. The fraction of sp³-hybridized carbons (Fsp3) is 0.364. The summed E-state index contributed by atoms with van der Waals surface area (Å²) in [6.07, 6.45) is -0.440. The summed E-state index contributed by atoms with van der Waals surface area (Å²) >= 11 is 0. The summed E-state index contributed by atoms with van der Waals surface area (Å²) in [6, 6.07) is 8.43. The van der Waals surface area contributed by atoms with E-state index in [4.69, 9.17) is 9.47 Å². The Morgan fingerprint density at radius 1 is 1.07 bits per heavy atom. The van der Waals surface area contributed by atoms with E-state index in [-0.39, 0.29) is 18.5 Å². The number of carbonyl (C=O) groups excluding carboxylic acids is 1. The minimum absolute atomic E-state index is 0.256. The fourth-order valence-electron chi connectivity index (χ4n) is 3.67. The molecule has 7 nitrogen and oxygen atoms in total. The molecule has 1 aliphatic rings. The van der Waals surface area contributed by atoms with E-state index in [1.807, 2.05) is 32.9 Å². The summed E-state index contributed by atoms with van der Waals surface area (Å²) in [7, 11) is 3.05. The highest BCUT2D eigenvalue weighted by Crippen LogP contribution is 2.40. The average Bonchev–Trinajstić information content (AvgIpc) is 2.72. The van der Waals surface area contributed by atoms with E-state index in [2.05, 4.69) is 0 Å². The van der Waals surface area contributed by atoms with Gasteiger partial charge in [0, 0.05) is 6.54 Å². The summed E-state index contributed by atoms with van der Waals surface area (Å²) < 4.78 is 10.7. The molecule has 0 aromatic heterocycles. The van der Waals surface area contributed by atoms with Gasteiger partial charge in [0.1, 0.15) is 11.5 Å². The van der Waals surface area contributed by atoms with Crippen LogP contribution in [0.25, 0.3) is 0 Å². The van der Waals surface area contributed by atoms with Crippen LogP contribution in [-0.4, -0.2) is 43.9 Å². The van der Waals surface area contributed by atoms with Crippen molar-refractivity contribution in [3.63, 3.8) is 0 Å². The van der Waals surface area contributed by atoms with E-state index < -0.39 is 6.09 Å². The maximum atomic E-state index is 13.6. The quantitative estimate of drug-likeness (QED) is 0.833. The van der Waals surface area contributed by atoms with Crippen LogP contribution in [0.4, 0.5) is 16.2 Å². The van der Waals surface area contributed by atoms with Gasteiger partial charge in [0.2, 0.25) is 0 Å². The van der Waals surface area contributed by atoms with Gasteiger partial charge in [-0.15, -0.1) is 0 Å². The Balaban J connectivity index is 2.17. The second-order valence-electron chi connectivity index (χ2n) is 7.12. The van der Waals surface area contributed by atoms with Gasteiger partial charge in [0.15, 0.2) is 0 Å². The minimum atomic E-state index is -1.02. The zero-order chi connectivity index (χ0) is 21.3. The maximum Gasteiger partial charge on any atom is 0.412 e. The van der Waals surface area contributed by atoms with Crippen molar-refractivity contribution in [1.29, 1.82) is 0 Å². The normalized spacial score (nSPS) is 15.7. The van der Waals surface area contributed by atoms with Crippen molar-refractivity contribution in [2.75, 3.05) is 30.6 Å². The van der Waals surface area contributed by atoms with Crippen LogP contribution in [0.15, 0.2) is 30.3 Å². The SMILES string of the molecule is CCC1CN(C(=O)c2cc(OC)ccc2OC)c2cc(C)c(C)cc2N1C(=O)O. The number of rotatable bonds is 4. The van der Waals surface area contributed by atoms with Crippen molar-refractivity contribution in [2.24, 2.45) is 0 Å². The molecule has 0 fully saturated rings. The highest BCUT2D eigenvalue weighted by Gasteiger charge is 2.37. The van der Waals surface area contributed by atoms with E-state index in [1.54, 1.807) is 23.1 Å². The molecule has 0 spiro atoms. The van der Waals surface area contributed by atoms with Gasteiger partial charge >= 0.3 is 6.09 Å². The first-order chi connectivity index (χ1) is 13.8. The van der Waals surface area contributed by atoms with E-state index >= 15 is 0 Å². The van der Waals surface area contributed by atoms with Crippen LogP contribution in [0.5, 0.6) is 11.5 Å². The van der Waals surface area contributed by atoms with Crippen LogP contribution < -0.4 is 19.3 Å². The minimum Gasteiger partial charge on any atom is -0.497 e. The Kier molecular flexibility index (Phi) is 5.68. The summed E-state index contributed by atoms with van der Waals surface area (Å²) in [4.78, 5) is 28.6. The summed E-state index contributed by atoms with van der Waals surface area (Å²) in [5.74, 6) is 0.731. The highest BCUT2D eigenvalue weighted by molar-refractivity contribution is 6.11. The van der Waals surface area contributed by atoms with Gasteiger partial charge in [0.05, 0.1) is 37.2 Å². The number of ether oxygens (including phenoxy) is 2. The fourth-order valence-corrected chi connectivity index (χ4v) is 3.67. The van der Waals surface area contributed by atoms with Crippen molar-refractivity contribution in [3.8, 4) is 11.5 Å². The molecule has 1 unspecified atom stereocenters. The van der Waals surface area contributed by atoms with Crippen LogP contribution in [0, 0.1) is 13.8 Å². The van der Waals surface area contributed by atoms with Crippen molar-refractivity contribution in [2.45, 2.75) is 33.2 Å². The molecule has 29 heavy (non-hydrogen) atoms. The molecule has 2 amide bonds. The molecule has 1 aliphatic heterocycles. The first kappa shape index (κ1) is 20.5. The van der Waals surface area contributed by atoms with E-state index in [0.717, 1.165) is 11.1 Å². The molecule has 0 radical (unpaired) electrons. The number of hydrogen-bond donors (Lipinski definition) is 1. The summed E-state index contributed by atoms with van der Waals surface area (Å²) in [6.45, 7) is 6.06. The predicted molar refractivity (Wildman–Crippen MR) is 112 cm³/mol. The first-order valence-electron chi connectivity index (χ1n) is 9.49. The van der Waals surface area contributed by atoms with Crippen LogP contribution >= 0.6 is 0 Å². The largest absolute Gasteiger partial charge is 0.497 e. The van der Waals surface area contributed by atoms with Gasteiger partial charge in [-0.3, -0.25) is 9.69 Å². The smallest absolute Gasteiger partial charge is 0.412 e. The lowest BCUT2D eigenvalue weighted by Gasteiger charge is -2.41. The number of hydrogen-bond acceptors (Lipinski definition) is 4. The highest BCUT2D eigenvalue weighted by atomic mass is 16.5. The molecule has 0 aliphatic carbocycles. The Labute approximate surface area is 170 Å². The number of fused-ring (bicyclic) bond motifs is 1. The molecule has 1 N–H and O–H groups in total. The Bertz CT molecular complexity index is 956. The second-order valence-corrected chi connectivity index (χ2v) is 7.12. The Morgan fingerprint density at radius 3 is 2.28 bits per heavy atom. The van der Waals surface area contributed by atoms with E-state index in [1.165, 1.54) is 19.1 Å². The Hall–Kier alpha value is -3.22. The molecule has 3 rings (SSSR count). The van der Waals surface area contributed by atoms with E-state index in [9.17, 15) is 14.7 Å². The number of anilines is 2. The number of nitrogens with zero attached hydrogens (tertiary/aromatic N) is 2. The predicted octanol–water partition coefficient (Wildman–Crippen LogP) is 4.24. The number of benzene rings is 2. The molecular formula is C22H26N2O5. The maximum absolute atomic E-state index is 13.6. The lowest BCUT2D eigenvalue weighted by atomic mass is 9.99. The van der Waals surface area contributed by atoms with Crippen LogP contribution in [0.2, 0.25) is 0 Å². The van der Waals surface area contributed by atoms with E-state index in [0.29, 0.717) is 34.9 Å². The van der Waals surface area contributed by atoms with Crippen LogP contribution in [0.1, 0.15) is 34.8 Å². The third-order valence-electron chi connectivity index (χ3n) is 5.46. The van der Waals surface area contributed by atoms with Gasteiger partial charge < -0.3 is 19.5 Å². The lowest BCUT2D eigenvalue weighted by Crippen LogP contribution is -2.52. The topological polar surface area (TPSA) is 79.3 Å². The standard InChI is InChI=1S/C22H26N2O5/c1-6-15-12-23(21(25)17-11-16(28-4)7-8-20(17)29-5)18-9-13(2)14(3)10-19(18)24(15)22(26)27/h7-11,15H,6,12H2,1-5H3,(H,26,27). The Morgan fingerprint density at radius 2 is 1.72 bits per heavy atom. The van der Waals surface area contributed by atoms with Crippen LogP contribution in [-0.2, 0) is 0 Å². The van der Waals surface area contributed by atoms with Gasteiger partial charge in [-0.25, -0.2) is 4.79 Å². The monoisotopic (exact) mass is 398 g/mol. The van der Waals surface area contributed by atoms with Gasteiger partial charge in [-0.2, -0.15) is 0 Å². The van der Waals surface area contributed by atoms with Crippen molar-refractivity contribution < 1.29 is 24.2 Å². The molecule has 1 atom stereocenters. The molecule has 0 saturated carbocycles. The van der Waals surface area contributed by atoms with Crippen molar-refractivity contribution in [3.05, 3.63) is 47.0 Å². The van der Waals surface area contributed by atoms with Gasteiger partial charge in [-0.1, -0.05) is 6.92 Å². The number of amides is 2. The third kappa shape index (κ3) is 3.60. The molecule has 7 heteroatoms. The zero-order valence-corrected chi connectivity index (χ0v) is 17.4. The number of aryl methyl sites for hydroxylation is 2. The second kappa shape index (κ2) is 8.03. The van der Waals surface area contributed by atoms with Crippen LogP contribution in [0.3, 0.4) is 0 Å². The molecular weight excluding hydrogens is 372 g/mol.